The van der Waals surface area contributed by atoms with Crippen molar-refractivity contribution in [1.82, 2.24) is 10.2 Å². The molecule has 3 aromatic carbocycles. The van der Waals surface area contributed by atoms with Crippen LogP contribution in [0.15, 0.2) is 66.9 Å². The first-order valence-electron chi connectivity index (χ1n) is 9.27. The smallest absolute Gasteiger partial charge is 0.262 e. The highest BCUT2D eigenvalue weighted by atomic mass is 35.5. The van der Waals surface area contributed by atoms with Crippen molar-refractivity contribution in [3.63, 3.8) is 0 Å². The topological polar surface area (TPSA) is 84.1 Å². The van der Waals surface area contributed by atoms with Crippen LogP contribution in [-0.4, -0.2) is 28.5 Å². The predicted octanol–water partition coefficient (Wildman–Crippen LogP) is 4.77. The van der Waals surface area contributed by atoms with Crippen LogP contribution in [0.3, 0.4) is 0 Å². The summed E-state index contributed by atoms with van der Waals surface area (Å²) in [5.41, 5.74) is 3.29. The fourth-order valence-corrected chi connectivity index (χ4v) is 3.35. The molecule has 1 aromatic heterocycles. The number of amides is 1. The van der Waals surface area contributed by atoms with Gasteiger partial charge in [-0.15, -0.1) is 0 Å². The number of aromatic nitrogens is 2. The average molecular weight is 420 g/mol. The summed E-state index contributed by atoms with van der Waals surface area (Å²) in [6.07, 6.45) is 1.71. The second-order valence-corrected chi connectivity index (χ2v) is 7.18. The fourth-order valence-electron chi connectivity index (χ4n) is 3.17. The number of fused-ring (bicyclic) bond motifs is 1. The lowest BCUT2D eigenvalue weighted by Crippen LogP contribution is -2.21. The number of aryl methyl sites for hydroxylation is 1. The highest BCUT2D eigenvalue weighted by Gasteiger charge is 2.17. The van der Waals surface area contributed by atoms with Gasteiger partial charge in [0.25, 0.3) is 5.91 Å². The number of carbonyl (C=O) groups is 2. The molecule has 2 N–H and O–H groups in total. The van der Waals surface area contributed by atoms with Gasteiger partial charge in [0, 0.05) is 21.7 Å². The second-order valence-electron chi connectivity index (χ2n) is 6.74. The maximum absolute atomic E-state index is 12.9. The Kier molecular flexibility index (Phi) is 5.50. The zero-order valence-electron chi connectivity index (χ0n) is 16.1. The normalized spacial score (nSPS) is 10.7. The number of nitrogens with one attached hydrogen (secondary N) is 2. The van der Waals surface area contributed by atoms with Crippen LogP contribution >= 0.6 is 11.6 Å². The summed E-state index contributed by atoms with van der Waals surface area (Å²) >= 11 is 6.08. The molecule has 0 saturated heterocycles. The average Bonchev–Trinajstić information content (AvgIpc) is 3.24. The molecule has 4 aromatic rings. The van der Waals surface area contributed by atoms with Gasteiger partial charge in [-0.3, -0.25) is 14.7 Å². The van der Waals surface area contributed by atoms with Gasteiger partial charge < -0.3 is 10.1 Å². The van der Waals surface area contributed by atoms with Crippen LogP contribution in [0.2, 0.25) is 5.02 Å². The SMILES string of the molecule is Cc1c(NC(=O)COc2ccc(Cl)cc2C(=O)c2ccccc2)ccc2[nH]ncc12. The lowest BCUT2D eigenvalue weighted by molar-refractivity contribution is -0.118. The molecule has 7 heteroatoms. The third kappa shape index (κ3) is 4.04. The molecule has 0 bridgehead atoms. The van der Waals surface area contributed by atoms with E-state index in [0.717, 1.165) is 16.5 Å². The van der Waals surface area contributed by atoms with Crippen LogP contribution < -0.4 is 10.1 Å². The summed E-state index contributed by atoms with van der Waals surface area (Å²) in [7, 11) is 0. The molecule has 1 amide bonds. The maximum atomic E-state index is 12.9. The van der Waals surface area contributed by atoms with Crippen LogP contribution in [0.25, 0.3) is 10.9 Å². The second kappa shape index (κ2) is 8.39. The van der Waals surface area contributed by atoms with E-state index in [4.69, 9.17) is 16.3 Å². The summed E-state index contributed by atoms with van der Waals surface area (Å²) in [6.45, 7) is 1.66. The van der Waals surface area contributed by atoms with Crippen molar-refractivity contribution < 1.29 is 14.3 Å². The molecule has 0 aliphatic rings. The van der Waals surface area contributed by atoms with Crippen LogP contribution in [0, 0.1) is 6.92 Å². The number of halogens is 1. The lowest BCUT2D eigenvalue weighted by Gasteiger charge is -2.13. The minimum Gasteiger partial charge on any atom is -0.483 e. The monoisotopic (exact) mass is 419 g/mol. The number of carbonyl (C=O) groups excluding carboxylic acids is 2. The van der Waals surface area contributed by atoms with Crippen LogP contribution in [0.4, 0.5) is 5.69 Å². The largest absolute Gasteiger partial charge is 0.483 e. The number of hydrogen-bond acceptors (Lipinski definition) is 4. The Hall–Kier alpha value is -3.64. The van der Waals surface area contributed by atoms with Gasteiger partial charge in [-0.1, -0.05) is 41.9 Å². The van der Waals surface area contributed by atoms with Gasteiger partial charge in [-0.05, 0) is 42.8 Å². The van der Waals surface area contributed by atoms with Gasteiger partial charge >= 0.3 is 0 Å². The van der Waals surface area contributed by atoms with Crippen molar-refractivity contribution >= 4 is 39.9 Å². The highest BCUT2D eigenvalue weighted by Crippen LogP contribution is 2.26. The first-order chi connectivity index (χ1) is 14.5. The van der Waals surface area contributed by atoms with E-state index < -0.39 is 0 Å². The number of ketones is 1. The molecular formula is C23H18ClN3O3. The molecule has 0 radical (unpaired) electrons. The fraction of sp³-hybridized carbons (Fsp3) is 0.0870. The molecule has 150 valence electrons. The lowest BCUT2D eigenvalue weighted by atomic mass is 10.0. The van der Waals surface area contributed by atoms with Gasteiger partial charge in [0.15, 0.2) is 12.4 Å². The Morgan fingerprint density at radius 1 is 1.10 bits per heavy atom. The molecule has 0 atom stereocenters. The number of nitrogens with zero attached hydrogens (tertiary/aromatic N) is 1. The molecule has 0 aliphatic heterocycles. The summed E-state index contributed by atoms with van der Waals surface area (Å²) in [5, 5.41) is 11.1. The molecule has 0 saturated carbocycles. The Morgan fingerprint density at radius 2 is 1.90 bits per heavy atom. The van der Waals surface area contributed by atoms with E-state index in [1.165, 1.54) is 0 Å². The van der Waals surface area contributed by atoms with E-state index >= 15 is 0 Å². The van der Waals surface area contributed by atoms with E-state index in [-0.39, 0.29) is 18.3 Å². The van der Waals surface area contributed by atoms with Crippen molar-refractivity contribution in [2.24, 2.45) is 0 Å². The summed E-state index contributed by atoms with van der Waals surface area (Å²) in [6, 6.07) is 17.2. The molecular weight excluding hydrogens is 402 g/mol. The summed E-state index contributed by atoms with van der Waals surface area (Å²) < 4.78 is 5.67. The van der Waals surface area contributed by atoms with E-state index in [1.807, 2.05) is 19.1 Å². The standard InChI is InChI=1S/C23H18ClN3O3/c1-14-18-12-25-27-20(18)9-8-19(14)26-22(28)13-30-21-10-7-16(24)11-17(21)23(29)15-5-3-2-4-6-15/h2-12H,13H2,1H3,(H,25,27)(H,26,28). The minimum absolute atomic E-state index is 0.227. The van der Waals surface area contributed by atoms with Gasteiger partial charge in [0.05, 0.1) is 17.3 Å². The first kappa shape index (κ1) is 19.7. The van der Waals surface area contributed by atoms with Crippen LogP contribution in [0.1, 0.15) is 21.5 Å². The van der Waals surface area contributed by atoms with Crippen molar-refractivity contribution in [3.8, 4) is 5.75 Å². The summed E-state index contributed by atoms with van der Waals surface area (Å²) in [4.78, 5) is 25.3. The number of benzene rings is 3. The third-order valence-corrected chi connectivity index (χ3v) is 4.98. The summed E-state index contributed by atoms with van der Waals surface area (Å²) in [5.74, 6) is -0.269. The number of hydrogen-bond donors (Lipinski definition) is 2. The Labute approximate surface area is 177 Å². The number of ether oxygens (including phenoxy) is 1. The van der Waals surface area contributed by atoms with Gasteiger partial charge in [0.2, 0.25) is 0 Å². The molecule has 0 spiro atoms. The first-order valence-corrected chi connectivity index (χ1v) is 9.65. The molecule has 0 unspecified atom stereocenters. The number of rotatable bonds is 6. The van der Waals surface area contributed by atoms with Gasteiger partial charge in [-0.25, -0.2) is 0 Å². The molecule has 0 fully saturated rings. The van der Waals surface area contributed by atoms with Crippen LogP contribution in [0.5, 0.6) is 5.75 Å². The molecule has 0 aliphatic carbocycles. The maximum Gasteiger partial charge on any atom is 0.262 e. The minimum atomic E-state index is -0.339. The van der Waals surface area contributed by atoms with E-state index in [9.17, 15) is 9.59 Å². The quantitative estimate of drug-likeness (QED) is 0.441. The third-order valence-electron chi connectivity index (χ3n) is 4.75. The number of H-pyrrole nitrogens is 1. The Bertz CT molecular complexity index is 1240. The molecule has 1 heterocycles. The van der Waals surface area contributed by atoms with Gasteiger partial charge in [0.1, 0.15) is 5.75 Å². The van der Waals surface area contributed by atoms with Crippen molar-refractivity contribution in [2.45, 2.75) is 6.92 Å². The van der Waals surface area contributed by atoms with Crippen molar-refractivity contribution in [3.05, 3.63) is 88.6 Å². The molecule has 4 rings (SSSR count). The van der Waals surface area contributed by atoms with Crippen molar-refractivity contribution in [2.75, 3.05) is 11.9 Å². The van der Waals surface area contributed by atoms with Gasteiger partial charge in [-0.2, -0.15) is 5.10 Å². The van der Waals surface area contributed by atoms with E-state index in [0.29, 0.717) is 27.6 Å². The molecule has 6 nitrogen and oxygen atoms in total. The number of aromatic amines is 1. The zero-order chi connectivity index (χ0) is 21.1. The van der Waals surface area contributed by atoms with Crippen molar-refractivity contribution in [1.29, 1.82) is 0 Å². The predicted molar refractivity (Wildman–Crippen MR) is 116 cm³/mol. The molecule has 30 heavy (non-hydrogen) atoms. The van der Waals surface area contributed by atoms with E-state index in [2.05, 4.69) is 15.5 Å². The highest BCUT2D eigenvalue weighted by molar-refractivity contribution is 6.31. The number of anilines is 1. The Morgan fingerprint density at radius 3 is 2.70 bits per heavy atom. The van der Waals surface area contributed by atoms with E-state index in [1.54, 1.807) is 54.7 Å². The van der Waals surface area contributed by atoms with Crippen LogP contribution in [-0.2, 0) is 4.79 Å². The Balaban J connectivity index is 1.50. The zero-order valence-corrected chi connectivity index (χ0v) is 16.9.